The molecule has 0 N–H and O–H groups in total. The molecule has 1 aliphatic rings. The molecule has 5 nitrogen and oxygen atoms in total. The highest BCUT2D eigenvalue weighted by molar-refractivity contribution is 6.04. The minimum absolute atomic E-state index is 0.00403. The second-order valence-electron chi connectivity index (χ2n) is 7.65. The first-order valence-corrected chi connectivity index (χ1v) is 9.18. The van der Waals surface area contributed by atoms with Gasteiger partial charge in [-0.1, -0.05) is 18.2 Å². The minimum Gasteiger partial charge on any atom is -0.486 e. The highest BCUT2D eigenvalue weighted by atomic mass is 16.5. The van der Waals surface area contributed by atoms with Gasteiger partial charge in [0, 0.05) is 24.0 Å². The van der Waals surface area contributed by atoms with Crippen molar-refractivity contribution in [2.75, 3.05) is 13.2 Å². The molecule has 1 atom stereocenters. The molecule has 0 aliphatic carbocycles. The molecule has 2 heterocycles. The van der Waals surface area contributed by atoms with Crippen molar-refractivity contribution in [3.8, 4) is 5.75 Å². The van der Waals surface area contributed by atoms with Crippen molar-refractivity contribution in [3.05, 3.63) is 52.9 Å². The maximum absolute atomic E-state index is 12.5. The Morgan fingerprint density at radius 2 is 1.93 bits per heavy atom. The Kier molecular flexibility index (Phi) is 4.48. The van der Waals surface area contributed by atoms with Crippen LogP contribution in [0.4, 0.5) is 0 Å². The Labute approximate surface area is 156 Å². The molecule has 4 rings (SSSR count). The maximum atomic E-state index is 12.5. The summed E-state index contributed by atoms with van der Waals surface area (Å²) in [5, 5.41) is 2.24. The van der Waals surface area contributed by atoms with E-state index in [1.165, 1.54) is 0 Å². The zero-order valence-corrected chi connectivity index (χ0v) is 15.5. The lowest BCUT2D eigenvalue weighted by Gasteiger charge is -2.34. The molecule has 2 aromatic carbocycles. The molecule has 0 bridgehead atoms. The number of Topliss-reactive ketones (excluding diaryl/α,β-unsaturated/α-hetero) is 1. The van der Waals surface area contributed by atoms with E-state index in [4.69, 9.17) is 13.9 Å². The zero-order valence-electron chi connectivity index (χ0n) is 15.5. The topological polar surface area (TPSA) is 65.7 Å². The van der Waals surface area contributed by atoms with Crippen LogP contribution in [-0.2, 0) is 9.53 Å². The Balaban J connectivity index is 1.54. The van der Waals surface area contributed by atoms with Crippen molar-refractivity contribution in [1.82, 2.24) is 0 Å². The molecule has 1 saturated heterocycles. The fraction of sp³-hybridized carbons (Fsp3) is 0.364. The lowest BCUT2D eigenvalue weighted by atomic mass is 9.86. The van der Waals surface area contributed by atoms with E-state index in [2.05, 4.69) is 0 Å². The van der Waals surface area contributed by atoms with Crippen LogP contribution in [0.15, 0.2) is 51.7 Å². The number of ketones is 1. The van der Waals surface area contributed by atoms with Crippen molar-refractivity contribution in [2.24, 2.45) is 5.92 Å². The van der Waals surface area contributed by atoms with Gasteiger partial charge in [0.2, 0.25) is 0 Å². The average molecular weight is 366 g/mol. The molecule has 27 heavy (non-hydrogen) atoms. The van der Waals surface area contributed by atoms with Crippen LogP contribution in [0.2, 0.25) is 0 Å². The van der Waals surface area contributed by atoms with E-state index in [0.717, 1.165) is 17.2 Å². The Morgan fingerprint density at radius 1 is 1.15 bits per heavy atom. The smallest absolute Gasteiger partial charge is 0.344 e. The third-order valence-electron chi connectivity index (χ3n) is 5.13. The highest BCUT2D eigenvalue weighted by Crippen LogP contribution is 2.30. The van der Waals surface area contributed by atoms with Gasteiger partial charge in [-0.15, -0.1) is 0 Å². The number of hydrogen-bond donors (Lipinski definition) is 0. The summed E-state index contributed by atoms with van der Waals surface area (Å²) in [7, 11) is 0. The fourth-order valence-corrected chi connectivity index (χ4v) is 3.73. The molecule has 0 spiro atoms. The number of carbonyl (C=O) groups excluding carboxylic acids is 1. The van der Waals surface area contributed by atoms with Gasteiger partial charge in [0.05, 0.1) is 11.0 Å². The Hall–Kier alpha value is -2.66. The number of fused-ring (bicyclic) bond motifs is 3. The quantitative estimate of drug-likeness (QED) is 0.514. The largest absolute Gasteiger partial charge is 0.486 e. The van der Waals surface area contributed by atoms with Gasteiger partial charge >= 0.3 is 5.63 Å². The summed E-state index contributed by atoms with van der Waals surface area (Å²) in [5.41, 5.74) is -0.196. The molecular formula is C22H22O5. The molecule has 1 aliphatic heterocycles. The SMILES string of the molecule is CC1(C)C[C@H](C(=O)COc2ccc3c(c2)oc(=O)c2ccccc23)CCO1. The van der Waals surface area contributed by atoms with E-state index >= 15 is 0 Å². The molecule has 0 unspecified atom stereocenters. The lowest BCUT2D eigenvalue weighted by Crippen LogP contribution is -2.38. The zero-order chi connectivity index (χ0) is 19.0. The molecule has 1 aromatic heterocycles. The Bertz CT molecular complexity index is 1060. The summed E-state index contributed by atoms with van der Waals surface area (Å²) in [4.78, 5) is 24.7. The summed E-state index contributed by atoms with van der Waals surface area (Å²) in [6.07, 6.45) is 1.43. The molecule has 5 heteroatoms. The number of rotatable bonds is 4. The first kappa shape index (κ1) is 17.7. The van der Waals surface area contributed by atoms with Crippen LogP contribution in [0.5, 0.6) is 5.75 Å². The normalized spacial score (nSPS) is 19.3. The minimum atomic E-state index is -0.379. The summed E-state index contributed by atoms with van der Waals surface area (Å²) in [6.45, 7) is 4.60. The molecule has 0 saturated carbocycles. The first-order valence-electron chi connectivity index (χ1n) is 9.18. The van der Waals surface area contributed by atoms with Crippen molar-refractivity contribution >= 4 is 27.5 Å². The molecule has 0 radical (unpaired) electrons. The fourth-order valence-electron chi connectivity index (χ4n) is 3.73. The third kappa shape index (κ3) is 3.60. The molecular weight excluding hydrogens is 344 g/mol. The van der Waals surface area contributed by atoms with Crippen LogP contribution < -0.4 is 10.4 Å². The Morgan fingerprint density at radius 3 is 2.70 bits per heavy atom. The van der Waals surface area contributed by atoms with Crippen molar-refractivity contribution < 1.29 is 18.7 Å². The standard InChI is InChI=1S/C22H22O5/c1-22(2)12-14(9-10-26-22)19(23)13-25-15-7-8-17-16-5-3-4-6-18(16)21(24)27-20(17)11-15/h3-8,11,14H,9-10,12-13H2,1-2H3/t14-/m1/s1. The van der Waals surface area contributed by atoms with Gasteiger partial charge in [-0.05, 0) is 50.3 Å². The van der Waals surface area contributed by atoms with Crippen molar-refractivity contribution in [1.29, 1.82) is 0 Å². The number of hydrogen-bond acceptors (Lipinski definition) is 5. The first-order chi connectivity index (χ1) is 12.9. The van der Waals surface area contributed by atoms with Crippen LogP contribution in [-0.4, -0.2) is 24.6 Å². The summed E-state index contributed by atoms with van der Waals surface area (Å²) in [5.74, 6) is 0.545. The second-order valence-corrected chi connectivity index (χ2v) is 7.65. The van der Waals surface area contributed by atoms with Crippen LogP contribution in [0.1, 0.15) is 26.7 Å². The maximum Gasteiger partial charge on any atom is 0.344 e. The van der Waals surface area contributed by atoms with Gasteiger partial charge in [0.25, 0.3) is 0 Å². The number of benzene rings is 2. The van der Waals surface area contributed by atoms with Gasteiger partial charge in [-0.3, -0.25) is 4.79 Å². The third-order valence-corrected chi connectivity index (χ3v) is 5.13. The molecule has 1 fully saturated rings. The lowest BCUT2D eigenvalue weighted by molar-refractivity contribution is -0.135. The van der Waals surface area contributed by atoms with E-state index in [1.54, 1.807) is 18.2 Å². The predicted octanol–water partition coefficient (Wildman–Crippen LogP) is 4.10. The van der Waals surface area contributed by atoms with Gasteiger partial charge in [0.1, 0.15) is 17.9 Å². The number of carbonyl (C=O) groups is 1. The molecule has 140 valence electrons. The molecule has 0 amide bonds. The summed E-state index contributed by atoms with van der Waals surface area (Å²) < 4.78 is 16.8. The van der Waals surface area contributed by atoms with Gasteiger partial charge in [-0.25, -0.2) is 4.79 Å². The van der Waals surface area contributed by atoms with Crippen molar-refractivity contribution in [3.63, 3.8) is 0 Å². The van der Waals surface area contributed by atoms with E-state index in [1.807, 2.05) is 38.1 Å². The summed E-state index contributed by atoms with van der Waals surface area (Å²) in [6, 6.07) is 12.7. The predicted molar refractivity (Wildman–Crippen MR) is 103 cm³/mol. The average Bonchev–Trinajstić information content (AvgIpc) is 2.65. The molecule has 3 aromatic rings. The van der Waals surface area contributed by atoms with E-state index in [9.17, 15) is 9.59 Å². The van der Waals surface area contributed by atoms with Crippen LogP contribution in [0.25, 0.3) is 21.7 Å². The van der Waals surface area contributed by atoms with Crippen molar-refractivity contribution in [2.45, 2.75) is 32.3 Å². The van der Waals surface area contributed by atoms with Crippen LogP contribution in [0.3, 0.4) is 0 Å². The van der Waals surface area contributed by atoms with Crippen LogP contribution in [0, 0.1) is 5.92 Å². The van der Waals surface area contributed by atoms with E-state index in [-0.39, 0.29) is 29.5 Å². The van der Waals surface area contributed by atoms with Gasteiger partial charge < -0.3 is 13.9 Å². The van der Waals surface area contributed by atoms with Gasteiger partial charge in [-0.2, -0.15) is 0 Å². The monoisotopic (exact) mass is 366 g/mol. The van der Waals surface area contributed by atoms with Gasteiger partial charge in [0.15, 0.2) is 5.78 Å². The summed E-state index contributed by atoms with van der Waals surface area (Å²) >= 11 is 0. The van der Waals surface area contributed by atoms with Crippen LogP contribution >= 0.6 is 0 Å². The van der Waals surface area contributed by atoms with E-state index < -0.39 is 0 Å². The highest BCUT2D eigenvalue weighted by Gasteiger charge is 2.32. The van der Waals surface area contributed by atoms with E-state index in [0.29, 0.717) is 29.7 Å². The number of ether oxygens (including phenoxy) is 2. The second kappa shape index (κ2) is 6.82.